The number of likely N-dealkylation sites (N-methyl/N-ethyl adjacent to an activating group) is 1. The molecule has 1 aromatic carbocycles. The summed E-state index contributed by atoms with van der Waals surface area (Å²) in [4.78, 5) is 18.9. The molecular weight excluding hydrogens is 453 g/mol. The number of hydrogen-bond acceptors (Lipinski definition) is 3. The number of benzene rings is 1. The Morgan fingerprint density at radius 1 is 1.26 bits per heavy atom. The monoisotopic (exact) mass is 487 g/mol. The van der Waals surface area contributed by atoms with Gasteiger partial charge >= 0.3 is 0 Å². The molecule has 1 amide bonds. The second-order valence-corrected chi connectivity index (χ2v) is 6.81. The Kier molecular flexibility index (Phi) is 11.3. The number of likely N-dealkylation sites (tertiary alicyclic amines) is 1. The lowest BCUT2D eigenvalue weighted by molar-refractivity contribution is 0.0953. The van der Waals surface area contributed by atoms with E-state index in [1.54, 1.807) is 0 Å². The van der Waals surface area contributed by atoms with Crippen molar-refractivity contribution in [3.05, 3.63) is 35.4 Å². The zero-order valence-electron chi connectivity index (χ0n) is 16.5. The van der Waals surface area contributed by atoms with Crippen molar-refractivity contribution in [1.29, 1.82) is 0 Å². The smallest absolute Gasteiger partial charge is 0.251 e. The number of halogens is 1. The molecule has 0 radical (unpaired) electrons. The molecule has 1 saturated heterocycles. The SMILES string of the molecule is CCCCNC(=O)c1ccc(CN=C(N)NCC2CCCN2CC)cc1.I. The number of carbonyl (C=O) groups excluding carboxylic acids is 1. The third-order valence-electron chi connectivity index (χ3n) is 4.89. The van der Waals surface area contributed by atoms with Crippen LogP contribution in [0.4, 0.5) is 0 Å². The molecular formula is C20H34IN5O. The highest BCUT2D eigenvalue weighted by atomic mass is 127. The van der Waals surface area contributed by atoms with Gasteiger partial charge in [-0.2, -0.15) is 0 Å². The number of aliphatic imine (C=N–C) groups is 1. The quantitative estimate of drug-likeness (QED) is 0.217. The van der Waals surface area contributed by atoms with Gasteiger partial charge in [0.2, 0.25) is 0 Å². The van der Waals surface area contributed by atoms with E-state index in [0.717, 1.165) is 38.0 Å². The van der Waals surface area contributed by atoms with Crippen LogP contribution in [0.1, 0.15) is 55.5 Å². The number of carbonyl (C=O) groups is 1. The fourth-order valence-corrected chi connectivity index (χ4v) is 3.24. The number of guanidine groups is 1. The molecule has 0 saturated carbocycles. The molecule has 4 N–H and O–H groups in total. The Morgan fingerprint density at radius 3 is 2.67 bits per heavy atom. The lowest BCUT2D eigenvalue weighted by Crippen LogP contribution is -2.42. The number of rotatable bonds is 9. The van der Waals surface area contributed by atoms with Crippen LogP contribution < -0.4 is 16.4 Å². The van der Waals surface area contributed by atoms with Gasteiger partial charge < -0.3 is 16.4 Å². The number of nitrogens with zero attached hydrogens (tertiary/aromatic N) is 2. The van der Waals surface area contributed by atoms with Gasteiger partial charge in [-0.25, -0.2) is 4.99 Å². The molecule has 152 valence electrons. The minimum atomic E-state index is -0.0216. The predicted octanol–water partition coefficient (Wildman–Crippen LogP) is 2.72. The van der Waals surface area contributed by atoms with Gasteiger partial charge in [0.05, 0.1) is 6.54 Å². The molecule has 1 unspecified atom stereocenters. The maximum atomic E-state index is 12.0. The van der Waals surface area contributed by atoms with Crippen molar-refractivity contribution in [2.45, 2.75) is 52.1 Å². The Hall–Kier alpha value is -1.35. The Labute approximate surface area is 180 Å². The summed E-state index contributed by atoms with van der Waals surface area (Å²) >= 11 is 0. The number of nitrogens with two attached hydrogens (primary N) is 1. The van der Waals surface area contributed by atoms with Crippen molar-refractivity contribution in [1.82, 2.24) is 15.5 Å². The molecule has 7 heteroatoms. The van der Waals surface area contributed by atoms with Gasteiger partial charge in [0.25, 0.3) is 5.91 Å². The summed E-state index contributed by atoms with van der Waals surface area (Å²) in [5, 5.41) is 6.16. The molecule has 0 bridgehead atoms. The molecule has 1 aliphatic heterocycles. The maximum absolute atomic E-state index is 12.0. The van der Waals surface area contributed by atoms with E-state index in [2.05, 4.69) is 34.4 Å². The van der Waals surface area contributed by atoms with Crippen LogP contribution in [0.15, 0.2) is 29.3 Å². The zero-order valence-corrected chi connectivity index (χ0v) is 18.9. The number of hydrogen-bond donors (Lipinski definition) is 3. The summed E-state index contributed by atoms with van der Waals surface area (Å²) in [5.41, 5.74) is 7.71. The highest BCUT2D eigenvalue weighted by Gasteiger charge is 2.22. The summed E-state index contributed by atoms with van der Waals surface area (Å²) in [6.07, 6.45) is 4.55. The average molecular weight is 487 g/mol. The van der Waals surface area contributed by atoms with Gasteiger partial charge in [-0.3, -0.25) is 9.69 Å². The van der Waals surface area contributed by atoms with Crippen LogP contribution in [0.2, 0.25) is 0 Å². The van der Waals surface area contributed by atoms with E-state index >= 15 is 0 Å². The predicted molar refractivity (Wildman–Crippen MR) is 123 cm³/mol. The second kappa shape index (κ2) is 12.9. The third kappa shape index (κ3) is 8.04. The molecule has 1 aliphatic rings. The van der Waals surface area contributed by atoms with E-state index in [1.165, 1.54) is 19.4 Å². The summed E-state index contributed by atoms with van der Waals surface area (Å²) < 4.78 is 0. The summed E-state index contributed by atoms with van der Waals surface area (Å²) in [6, 6.07) is 8.10. The lowest BCUT2D eigenvalue weighted by atomic mass is 10.1. The van der Waals surface area contributed by atoms with E-state index in [1.807, 2.05) is 24.3 Å². The van der Waals surface area contributed by atoms with Crippen molar-refractivity contribution in [3.63, 3.8) is 0 Å². The van der Waals surface area contributed by atoms with E-state index in [0.29, 0.717) is 24.1 Å². The molecule has 1 atom stereocenters. The molecule has 27 heavy (non-hydrogen) atoms. The van der Waals surface area contributed by atoms with Gasteiger partial charge in [-0.1, -0.05) is 32.4 Å². The average Bonchev–Trinajstić information content (AvgIpc) is 3.13. The fourth-order valence-electron chi connectivity index (χ4n) is 3.24. The Balaban J connectivity index is 0.00000364. The standard InChI is InChI=1S/C20H33N5O.HI/c1-3-5-12-22-19(26)17-10-8-16(9-11-17)14-23-20(21)24-15-18-7-6-13-25(18)4-2;/h8-11,18H,3-7,12-15H2,1-2H3,(H,22,26)(H3,21,23,24);1H. The van der Waals surface area contributed by atoms with Gasteiger partial charge in [-0.05, 0) is 50.0 Å². The second-order valence-electron chi connectivity index (χ2n) is 6.81. The Morgan fingerprint density at radius 2 is 2.00 bits per heavy atom. The first-order chi connectivity index (χ1) is 12.6. The van der Waals surface area contributed by atoms with E-state index in [9.17, 15) is 4.79 Å². The van der Waals surface area contributed by atoms with Gasteiger partial charge in [0.15, 0.2) is 5.96 Å². The van der Waals surface area contributed by atoms with Crippen LogP contribution in [0.25, 0.3) is 0 Å². The molecule has 2 rings (SSSR count). The van der Waals surface area contributed by atoms with Crippen molar-refractivity contribution < 1.29 is 4.79 Å². The van der Waals surface area contributed by atoms with Crippen LogP contribution in [-0.4, -0.2) is 49.0 Å². The van der Waals surface area contributed by atoms with Crippen molar-refractivity contribution >= 4 is 35.8 Å². The number of amides is 1. The normalized spacial score (nSPS) is 17.4. The fraction of sp³-hybridized carbons (Fsp3) is 0.600. The topological polar surface area (TPSA) is 82.8 Å². The van der Waals surface area contributed by atoms with Crippen molar-refractivity contribution in [3.8, 4) is 0 Å². The summed E-state index contributed by atoms with van der Waals surface area (Å²) in [7, 11) is 0. The minimum Gasteiger partial charge on any atom is -0.370 e. The van der Waals surface area contributed by atoms with Gasteiger partial charge in [0, 0.05) is 24.7 Å². The first kappa shape index (κ1) is 23.7. The highest BCUT2D eigenvalue weighted by molar-refractivity contribution is 14.0. The summed E-state index contributed by atoms with van der Waals surface area (Å²) in [6.45, 7) is 8.65. The maximum Gasteiger partial charge on any atom is 0.251 e. The highest BCUT2D eigenvalue weighted by Crippen LogP contribution is 2.15. The first-order valence-electron chi connectivity index (χ1n) is 9.79. The van der Waals surface area contributed by atoms with Gasteiger partial charge in [-0.15, -0.1) is 24.0 Å². The lowest BCUT2D eigenvalue weighted by Gasteiger charge is -2.23. The van der Waals surface area contributed by atoms with Crippen LogP contribution in [0.5, 0.6) is 0 Å². The van der Waals surface area contributed by atoms with E-state index in [-0.39, 0.29) is 29.9 Å². The molecule has 1 aromatic rings. The molecule has 0 aliphatic carbocycles. The van der Waals surface area contributed by atoms with E-state index in [4.69, 9.17) is 5.73 Å². The molecule has 0 aromatic heterocycles. The minimum absolute atomic E-state index is 0. The third-order valence-corrected chi connectivity index (χ3v) is 4.89. The van der Waals surface area contributed by atoms with Crippen molar-refractivity contribution in [2.24, 2.45) is 10.7 Å². The van der Waals surface area contributed by atoms with Gasteiger partial charge in [0.1, 0.15) is 0 Å². The van der Waals surface area contributed by atoms with Crippen LogP contribution in [0, 0.1) is 0 Å². The van der Waals surface area contributed by atoms with E-state index < -0.39 is 0 Å². The Bertz CT molecular complexity index is 591. The van der Waals surface area contributed by atoms with Crippen molar-refractivity contribution in [2.75, 3.05) is 26.2 Å². The number of nitrogens with one attached hydrogen (secondary N) is 2. The van der Waals surface area contributed by atoms with Crippen LogP contribution >= 0.6 is 24.0 Å². The first-order valence-corrected chi connectivity index (χ1v) is 9.79. The van der Waals surface area contributed by atoms with Crippen LogP contribution in [0.3, 0.4) is 0 Å². The largest absolute Gasteiger partial charge is 0.370 e. The molecule has 6 nitrogen and oxygen atoms in total. The molecule has 1 heterocycles. The summed E-state index contributed by atoms with van der Waals surface area (Å²) in [5.74, 6) is 0.459. The zero-order chi connectivity index (χ0) is 18.8. The van der Waals surface area contributed by atoms with Crippen LogP contribution in [-0.2, 0) is 6.54 Å². The molecule has 1 fully saturated rings. The number of unbranched alkanes of at least 4 members (excludes halogenated alkanes) is 1. The molecule has 0 spiro atoms.